The fourth-order valence-electron chi connectivity index (χ4n) is 1.46. The summed E-state index contributed by atoms with van der Waals surface area (Å²) in [7, 11) is 0. The molecule has 0 spiro atoms. The molecule has 5 nitrogen and oxygen atoms in total. The maximum Gasteiger partial charge on any atom is 0.270 e. The third kappa shape index (κ3) is 3.12. The minimum absolute atomic E-state index is 0.134. The summed E-state index contributed by atoms with van der Waals surface area (Å²) in [6, 6.07) is 9.16. The third-order valence-corrected chi connectivity index (χ3v) is 2.38. The topological polar surface area (TPSA) is 75.7 Å². The fourth-order valence-corrected chi connectivity index (χ4v) is 1.46. The Kier molecular flexibility index (Phi) is 3.51. The Morgan fingerprint density at radius 1 is 1.26 bits per heavy atom. The van der Waals surface area contributed by atoms with Gasteiger partial charge in [-0.25, -0.2) is 4.39 Å². The van der Waals surface area contributed by atoms with Crippen molar-refractivity contribution in [2.75, 3.05) is 0 Å². The molecule has 2 rings (SSSR count). The van der Waals surface area contributed by atoms with Gasteiger partial charge in [0.25, 0.3) is 5.69 Å². The Hall–Kier alpha value is -2.76. The van der Waals surface area contributed by atoms with Crippen LogP contribution in [0.5, 0.6) is 5.75 Å². The van der Waals surface area contributed by atoms with Gasteiger partial charge in [-0.05, 0) is 24.3 Å². The fraction of sp³-hybridized carbons (Fsp3) is 0. The number of nitrogens with zero attached hydrogens (tertiary/aromatic N) is 2. The molecule has 0 aliphatic carbocycles. The number of aromatic hydroxyl groups is 1. The van der Waals surface area contributed by atoms with E-state index in [0.29, 0.717) is 5.69 Å². The van der Waals surface area contributed by atoms with Gasteiger partial charge in [0.1, 0.15) is 11.6 Å². The van der Waals surface area contributed by atoms with E-state index >= 15 is 0 Å². The summed E-state index contributed by atoms with van der Waals surface area (Å²) >= 11 is 0. The molecule has 2 aromatic rings. The maximum atomic E-state index is 12.9. The molecule has 1 N–H and O–H groups in total. The quantitative estimate of drug-likeness (QED) is 0.523. The van der Waals surface area contributed by atoms with E-state index in [1.54, 1.807) is 6.07 Å². The van der Waals surface area contributed by atoms with E-state index in [1.165, 1.54) is 42.6 Å². The van der Waals surface area contributed by atoms with Crippen LogP contribution in [0.3, 0.4) is 0 Å². The zero-order valence-electron chi connectivity index (χ0n) is 9.65. The van der Waals surface area contributed by atoms with Crippen LogP contribution in [0, 0.1) is 15.9 Å². The lowest BCUT2D eigenvalue weighted by Gasteiger charge is -1.99. The van der Waals surface area contributed by atoms with Crippen molar-refractivity contribution in [2.45, 2.75) is 0 Å². The lowest BCUT2D eigenvalue weighted by atomic mass is 10.2. The summed E-state index contributed by atoms with van der Waals surface area (Å²) in [4.78, 5) is 14.0. The molecule has 0 aromatic heterocycles. The van der Waals surface area contributed by atoms with Crippen molar-refractivity contribution in [1.29, 1.82) is 0 Å². The predicted octanol–water partition coefficient (Wildman–Crippen LogP) is 3.19. The molecular weight excluding hydrogens is 251 g/mol. The minimum atomic E-state index is -0.570. The second kappa shape index (κ2) is 5.26. The van der Waals surface area contributed by atoms with Gasteiger partial charge in [-0.1, -0.05) is 6.07 Å². The number of phenols is 1. The highest BCUT2D eigenvalue weighted by molar-refractivity contribution is 5.86. The van der Waals surface area contributed by atoms with Crippen molar-refractivity contribution in [2.24, 2.45) is 4.99 Å². The van der Waals surface area contributed by atoms with Crippen LogP contribution in [0.1, 0.15) is 5.56 Å². The van der Waals surface area contributed by atoms with Crippen LogP contribution in [0.25, 0.3) is 0 Å². The first-order chi connectivity index (χ1) is 9.06. The highest BCUT2D eigenvalue weighted by Crippen LogP contribution is 2.22. The highest BCUT2D eigenvalue weighted by atomic mass is 19.1. The highest BCUT2D eigenvalue weighted by Gasteiger charge is 2.08. The van der Waals surface area contributed by atoms with E-state index < -0.39 is 10.7 Å². The van der Waals surface area contributed by atoms with E-state index in [9.17, 15) is 19.6 Å². The second-order valence-corrected chi connectivity index (χ2v) is 3.74. The molecule has 2 aromatic carbocycles. The van der Waals surface area contributed by atoms with Gasteiger partial charge in [0.2, 0.25) is 0 Å². The minimum Gasteiger partial charge on any atom is -0.507 e. The van der Waals surface area contributed by atoms with Gasteiger partial charge in [-0.2, -0.15) is 0 Å². The van der Waals surface area contributed by atoms with Crippen LogP contribution in [0.4, 0.5) is 15.8 Å². The summed E-state index contributed by atoms with van der Waals surface area (Å²) in [5, 5.41) is 20.2. The zero-order valence-corrected chi connectivity index (χ0v) is 9.65. The van der Waals surface area contributed by atoms with E-state index in [0.717, 1.165) is 0 Å². The second-order valence-electron chi connectivity index (χ2n) is 3.74. The molecule has 0 aliphatic heterocycles. The van der Waals surface area contributed by atoms with E-state index in [2.05, 4.69) is 4.99 Å². The van der Waals surface area contributed by atoms with Gasteiger partial charge in [-0.3, -0.25) is 15.1 Å². The molecule has 0 atom stereocenters. The molecule has 6 heteroatoms. The average molecular weight is 260 g/mol. The summed E-state index contributed by atoms with van der Waals surface area (Å²) < 4.78 is 12.9. The molecule has 0 amide bonds. The number of halogens is 1. The largest absolute Gasteiger partial charge is 0.507 e. The Labute approximate surface area is 107 Å². The number of benzene rings is 2. The number of non-ortho nitro benzene ring substituents is 1. The van der Waals surface area contributed by atoms with Crippen molar-refractivity contribution >= 4 is 17.6 Å². The molecule has 0 heterocycles. The predicted molar refractivity (Wildman–Crippen MR) is 68.4 cm³/mol. The number of nitro groups is 1. The first-order valence-electron chi connectivity index (χ1n) is 5.33. The van der Waals surface area contributed by atoms with Crippen molar-refractivity contribution < 1.29 is 14.4 Å². The van der Waals surface area contributed by atoms with Crippen LogP contribution in [0.2, 0.25) is 0 Å². The number of rotatable bonds is 3. The monoisotopic (exact) mass is 260 g/mol. The van der Waals surface area contributed by atoms with Crippen molar-refractivity contribution in [3.05, 3.63) is 64.0 Å². The summed E-state index contributed by atoms with van der Waals surface area (Å²) in [5.74, 6) is -0.566. The normalized spacial score (nSPS) is 10.8. The Bertz CT molecular complexity index is 656. The van der Waals surface area contributed by atoms with Crippen LogP contribution in [0.15, 0.2) is 47.5 Å². The van der Waals surface area contributed by atoms with E-state index in [1.807, 2.05) is 0 Å². The smallest absolute Gasteiger partial charge is 0.270 e. The number of aliphatic imine (C=N–C) groups is 1. The number of nitro benzene ring substituents is 1. The molecule has 19 heavy (non-hydrogen) atoms. The summed E-state index contributed by atoms with van der Waals surface area (Å²) in [6.45, 7) is 0. The van der Waals surface area contributed by atoms with Crippen molar-refractivity contribution in [3.8, 4) is 5.75 Å². The van der Waals surface area contributed by atoms with Gasteiger partial charge >= 0.3 is 0 Å². The Morgan fingerprint density at radius 3 is 2.74 bits per heavy atom. The molecule has 0 fully saturated rings. The third-order valence-electron chi connectivity index (χ3n) is 2.38. The molecule has 0 radical (unpaired) electrons. The number of phenolic OH excluding ortho intramolecular Hbond substituents is 1. The molecule has 0 aliphatic rings. The Morgan fingerprint density at radius 2 is 2.05 bits per heavy atom. The van der Waals surface area contributed by atoms with Gasteiger partial charge < -0.3 is 5.11 Å². The van der Waals surface area contributed by atoms with Crippen LogP contribution in [-0.2, 0) is 0 Å². The molecule has 96 valence electrons. The molecule has 0 bridgehead atoms. The van der Waals surface area contributed by atoms with Crippen LogP contribution in [-0.4, -0.2) is 16.2 Å². The standard InChI is InChI=1S/C13H9FN2O3/c14-10-2-1-3-11(7-10)15-8-9-6-12(16(18)19)4-5-13(9)17/h1-8,17H/b15-8+. The van der Waals surface area contributed by atoms with Gasteiger partial charge in [0, 0.05) is 23.9 Å². The van der Waals surface area contributed by atoms with Crippen molar-refractivity contribution in [3.63, 3.8) is 0 Å². The zero-order chi connectivity index (χ0) is 13.8. The first kappa shape index (κ1) is 12.7. The average Bonchev–Trinajstić information content (AvgIpc) is 2.37. The van der Waals surface area contributed by atoms with Gasteiger partial charge in [0.15, 0.2) is 0 Å². The molecule has 0 unspecified atom stereocenters. The number of hydrogen-bond donors (Lipinski definition) is 1. The number of hydrogen-bond acceptors (Lipinski definition) is 4. The molecule has 0 saturated heterocycles. The lowest BCUT2D eigenvalue weighted by Crippen LogP contribution is -1.90. The lowest BCUT2D eigenvalue weighted by molar-refractivity contribution is -0.384. The summed E-state index contributed by atoms with van der Waals surface area (Å²) in [6.07, 6.45) is 1.25. The summed E-state index contributed by atoms with van der Waals surface area (Å²) in [5.41, 5.74) is 0.392. The Balaban J connectivity index is 2.32. The van der Waals surface area contributed by atoms with E-state index in [4.69, 9.17) is 0 Å². The first-order valence-corrected chi connectivity index (χ1v) is 5.33. The van der Waals surface area contributed by atoms with Crippen LogP contribution >= 0.6 is 0 Å². The SMILES string of the molecule is O=[N+]([O-])c1ccc(O)c(/C=N/c2cccc(F)c2)c1. The van der Waals surface area contributed by atoms with Crippen LogP contribution < -0.4 is 0 Å². The van der Waals surface area contributed by atoms with E-state index in [-0.39, 0.29) is 17.0 Å². The van der Waals surface area contributed by atoms with Crippen molar-refractivity contribution in [1.82, 2.24) is 0 Å². The van der Waals surface area contributed by atoms with Gasteiger partial charge in [-0.15, -0.1) is 0 Å². The molecular formula is C13H9FN2O3. The molecule has 0 saturated carbocycles. The van der Waals surface area contributed by atoms with Gasteiger partial charge in [0.05, 0.1) is 10.6 Å². The maximum absolute atomic E-state index is 12.9.